The van der Waals surface area contributed by atoms with Crippen LogP contribution in [0, 0.1) is 0 Å². The van der Waals surface area contributed by atoms with Crippen molar-refractivity contribution in [2.24, 2.45) is 5.73 Å². The fourth-order valence-electron chi connectivity index (χ4n) is 0.474. The van der Waals surface area contributed by atoms with Crippen LogP contribution in [0.3, 0.4) is 0 Å². The van der Waals surface area contributed by atoms with Crippen LogP contribution in [-0.2, 0) is 4.79 Å². The maximum atomic E-state index is 10.5. The SMILES string of the molecule is CN[C@@H](CSC)C(N)=O. The van der Waals surface area contributed by atoms with E-state index in [4.69, 9.17) is 5.73 Å². The third-order valence-electron chi connectivity index (χ3n) is 1.03. The molecule has 1 amide bonds. The maximum absolute atomic E-state index is 10.5. The molecule has 0 aliphatic carbocycles. The maximum Gasteiger partial charge on any atom is 0.235 e. The van der Waals surface area contributed by atoms with Crippen molar-refractivity contribution in [2.75, 3.05) is 19.1 Å². The molecular formula is C5H12N2OS. The summed E-state index contributed by atoms with van der Waals surface area (Å²) in [5, 5.41) is 2.81. The zero-order valence-corrected chi connectivity index (χ0v) is 6.49. The third kappa shape index (κ3) is 3.37. The number of hydrogen-bond acceptors (Lipinski definition) is 3. The summed E-state index contributed by atoms with van der Waals surface area (Å²) in [7, 11) is 1.73. The summed E-state index contributed by atoms with van der Waals surface area (Å²) in [4.78, 5) is 10.5. The molecule has 3 nitrogen and oxygen atoms in total. The van der Waals surface area contributed by atoms with Crippen LogP contribution < -0.4 is 11.1 Å². The number of carbonyl (C=O) groups excluding carboxylic acids is 1. The van der Waals surface area contributed by atoms with Crippen molar-refractivity contribution >= 4 is 17.7 Å². The van der Waals surface area contributed by atoms with Crippen LogP contribution >= 0.6 is 11.8 Å². The molecule has 1 atom stereocenters. The Morgan fingerprint density at radius 2 is 2.44 bits per heavy atom. The number of amides is 1. The number of likely N-dealkylation sites (N-methyl/N-ethyl adjacent to an activating group) is 1. The number of thioether (sulfide) groups is 1. The second kappa shape index (κ2) is 4.64. The van der Waals surface area contributed by atoms with E-state index >= 15 is 0 Å². The first-order valence-corrected chi connectivity index (χ1v) is 4.07. The van der Waals surface area contributed by atoms with Gasteiger partial charge >= 0.3 is 0 Å². The monoisotopic (exact) mass is 148 g/mol. The van der Waals surface area contributed by atoms with Crippen molar-refractivity contribution in [3.05, 3.63) is 0 Å². The van der Waals surface area contributed by atoms with E-state index in [9.17, 15) is 4.79 Å². The quantitative estimate of drug-likeness (QED) is 0.561. The summed E-state index contributed by atoms with van der Waals surface area (Å²) in [6, 6.07) is -0.181. The fourth-order valence-corrected chi connectivity index (χ4v) is 1.14. The molecule has 0 heterocycles. The molecule has 0 rings (SSSR count). The molecule has 0 fully saturated rings. The van der Waals surface area contributed by atoms with E-state index in [1.54, 1.807) is 18.8 Å². The van der Waals surface area contributed by atoms with E-state index in [2.05, 4.69) is 5.32 Å². The van der Waals surface area contributed by atoms with Gasteiger partial charge in [0.25, 0.3) is 0 Å². The van der Waals surface area contributed by atoms with E-state index in [0.717, 1.165) is 5.75 Å². The van der Waals surface area contributed by atoms with Gasteiger partial charge in [0, 0.05) is 5.75 Å². The Bertz CT molecular complexity index is 97.0. The molecule has 0 saturated heterocycles. The van der Waals surface area contributed by atoms with Crippen LogP contribution in [0.1, 0.15) is 0 Å². The minimum absolute atomic E-state index is 0.181. The van der Waals surface area contributed by atoms with Crippen molar-refractivity contribution in [3.63, 3.8) is 0 Å². The molecule has 0 bridgehead atoms. The van der Waals surface area contributed by atoms with Crippen molar-refractivity contribution in [1.29, 1.82) is 0 Å². The average molecular weight is 148 g/mol. The van der Waals surface area contributed by atoms with Gasteiger partial charge in [-0.2, -0.15) is 11.8 Å². The van der Waals surface area contributed by atoms with Crippen LogP contribution in [0.4, 0.5) is 0 Å². The minimum Gasteiger partial charge on any atom is -0.368 e. The Hall–Kier alpha value is -0.220. The van der Waals surface area contributed by atoms with Crippen LogP contribution in [0.5, 0.6) is 0 Å². The Balaban J connectivity index is 3.54. The van der Waals surface area contributed by atoms with Crippen molar-refractivity contribution in [2.45, 2.75) is 6.04 Å². The van der Waals surface area contributed by atoms with Crippen molar-refractivity contribution in [3.8, 4) is 0 Å². The molecule has 0 aliphatic rings. The Kier molecular flexibility index (Phi) is 4.53. The number of hydrogen-bond donors (Lipinski definition) is 2. The Labute approximate surface area is 59.4 Å². The van der Waals surface area contributed by atoms with Gasteiger partial charge in [-0.3, -0.25) is 4.79 Å². The van der Waals surface area contributed by atoms with Gasteiger partial charge in [0.15, 0.2) is 0 Å². The predicted octanol–water partition coefficient (Wildman–Crippen LogP) is -0.577. The first kappa shape index (κ1) is 8.78. The largest absolute Gasteiger partial charge is 0.368 e. The predicted molar refractivity (Wildman–Crippen MR) is 40.4 cm³/mol. The normalized spacial score (nSPS) is 13.1. The topological polar surface area (TPSA) is 55.1 Å². The fraction of sp³-hybridized carbons (Fsp3) is 0.800. The molecule has 0 aromatic heterocycles. The average Bonchev–Trinajstić information content (AvgIpc) is 1.82. The lowest BCUT2D eigenvalue weighted by Gasteiger charge is -2.08. The first-order chi connectivity index (χ1) is 4.22. The van der Waals surface area contributed by atoms with Crippen molar-refractivity contribution < 1.29 is 4.79 Å². The number of rotatable bonds is 4. The van der Waals surface area contributed by atoms with Gasteiger partial charge in [-0.25, -0.2) is 0 Å². The molecule has 0 spiro atoms. The third-order valence-corrected chi connectivity index (χ3v) is 1.69. The molecule has 4 heteroatoms. The summed E-state index contributed by atoms with van der Waals surface area (Å²) in [5.74, 6) is 0.457. The molecule has 0 radical (unpaired) electrons. The smallest absolute Gasteiger partial charge is 0.235 e. The number of carbonyl (C=O) groups is 1. The second-order valence-corrected chi connectivity index (χ2v) is 2.61. The van der Waals surface area contributed by atoms with Crippen molar-refractivity contribution in [1.82, 2.24) is 5.32 Å². The zero-order valence-electron chi connectivity index (χ0n) is 5.68. The summed E-state index contributed by atoms with van der Waals surface area (Å²) in [6.07, 6.45) is 1.94. The molecule has 9 heavy (non-hydrogen) atoms. The van der Waals surface area contributed by atoms with Gasteiger partial charge in [0.05, 0.1) is 6.04 Å². The summed E-state index contributed by atoms with van der Waals surface area (Å²) in [5.41, 5.74) is 5.02. The standard InChI is InChI=1S/C5H12N2OS/c1-7-4(3-9-2)5(6)8/h4,7H,3H2,1-2H3,(H2,6,8)/t4-/m0/s1. The summed E-state index contributed by atoms with van der Waals surface area (Å²) in [6.45, 7) is 0. The molecule has 3 N–H and O–H groups in total. The van der Waals surface area contributed by atoms with E-state index < -0.39 is 0 Å². The Morgan fingerprint density at radius 1 is 1.89 bits per heavy atom. The highest BCUT2D eigenvalue weighted by Crippen LogP contribution is 1.94. The molecule has 54 valence electrons. The van der Waals surface area contributed by atoms with Crippen LogP contribution in [0.2, 0.25) is 0 Å². The lowest BCUT2D eigenvalue weighted by molar-refractivity contribution is -0.119. The number of nitrogens with two attached hydrogens (primary N) is 1. The molecular weight excluding hydrogens is 136 g/mol. The van der Waals surface area contributed by atoms with Crippen LogP contribution in [0.15, 0.2) is 0 Å². The molecule has 0 aromatic carbocycles. The van der Waals surface area contributed by atoms with E-state index in [0.29, 0.717) is 0 Å². The van der Waals surface area contributed by atoms with Gasteiger partial charge in [-0.05, 0) is 13.3 Å². The molecule has 0 saturated carbocycles. The van der Waals surface area contributed by atoms with Crippen LogP contribution in [0.25, 0.3) is 0 Å². The lowest BCUT2D eigenvalue weighted by Crippen LogP contribution is -2.40. The van der Waals surface area contributed by atoms with Gasteiger partial charge in [-0.1, -0.05) is 0 Å². The van der Waals surface area contributed by atoms with Crippen LogP contribution in [-0.4, -0.2) is 31.0 Å². The minimum atomic E-state index is -0.285. The molecule has 0 unspecified atom stereocenters. The summed E-state index contributed by atoms with van der Waals surface area (Å²) >= 11 is 1.60. The summed E-state index contributed by atoms with van der Waals surface area (Å²) < 4.78 is 0. The van der Waals surface area contributed by atoms with E-state index in [-0.39, 0.29) is 11.9 Å². The first-order valence-electron chi connectivity index (χ1n) is 2.68. The van der Waals surface area contributed by atoms with Gasteiger partial charge in [0.2, 0.25) is 5.91 Å². The number of primary amides is 1. The highest BCUT2D eigenvalue weighted by Gasteiger charge is 2.09. The lowest BCUT2D eigenvalue weighted by atomic mass is 10.3. The number of nitrogens with one attached hydrogen (secondary N) is 1. The highest BCUT2D eigenvalue weighted by atomic mass is 32.2. The zero-order chi connectivity index (χ0) is 7.28. The van der Waals surface area contributed by atoms with Gasteiger partial charge in [0.1, 0.15) is 0 Å². The van der Waals surface area contributed by atoms with E-state index in [1.807, 2.05) is 6.26 Å². The van der Waals surface area contributed by atoms with Gasteiger partial charge < -0.3 is 11.1 Å². The highest BCUT2D eigenvalue weighted by molar-refractivity contribution is 7.98. The molecule has 0 aliphatic heterocycles. The Morgan fingerprint density at radius 3 is 2.56 bits per heavy atom. The van der Waals surface area contributed by atoms with Gasteiger partial charge in [-0.15, -0.1) is 0 Å². The second-order valence-electron chi connectivity index (χ2n) is 1.70. The molecule has 0 aromatic rings. The van der Waals surface area contributed by atoms with E-state index in [1.165, 1.54) is 0 Å².